The minimum Gasteiger partial charge on any atom is -0.355 e. The summed E-state index contributed by atoms with van der Waals surface area (Å²) in [6.07, 6.45) is 7.02. The van der Waals surface area contributed by atoms with Crippen molar-refractivity contribution in [2.24, 2.45) is 11.8 Å². The fraction of sp³-hybridized carbons (Fsp3) is 0.643. The molecule has 0 bridgehead atoms. The van der Waals surface area contributed by atoms with Crippen LogP contribution in [0.15, 0.2) is 12.2 Å². The monoisotopic (exact) mass is 264 g/mol. The molecular formula is C14H20N2O3. The second kappa shape index (κ2) is 5.99. The summed E-state index contributed by atoms with van der Waals surface area (Å²) in [5, 5.41) is 2.73. The van der Waals surface area contributed by atoms with E-state index < -0.39 is 0 Å². The van der Waals surface area contributed by atoms with Gasteiger partial charge in [0, 0.05) is 6.54 Å². The summed E-state index contributed by atoms with van der Waals surface area (Å²) in [5.41, 5.74) is 0. The molecule has 0 aromatic carbocycles. The van der Waals surface area contributed by atoms with Crippen LogP contribution in [-0.4, -0.2) is 35.7 Å². The molecule has 5 heteroatoms. The molecule has 1 heterocycles. The Morgan fingerprint density at radius 2 is 1.84 bits per heavy atom. The van der Waals surface area contributed by atoms with E-state index >= 15 is 0 Å². The number of nitrogens with zero attached hydrogens (tertiary/aromatic N) is 1. The maximum atomic E-state index is 12.1. The molecular weight excluding hydrogens is 244 g/mol. The number of hydrogen-bond donors (Lipinski definition) is 1. The molecule has 1 saturated heterocycles. The van der Waals surface area contributed by atoms with Gasteiger partial charge in [0.2, 0.25) is 17.7 Å². The van der Waals surface area contributed by atoms with Crippen LogP contribution in [0.4, 0.5) is 0 Å². The van der Waals surface area contributed by atoms with Crippen molar-refractivity contribution in [2.75, 3.05) is 13.1 Å². The Balaban J connectivity index is 1.92. The van der Waals surface area contributed by atoms with Crippen molar-refractivity contribution in [1.29, 1.82) is 0 Å². The average Bonchev–Trinajstić information content (AvgIpc) is 2.65. The first kappa shape index (κ1) is 13.8. The van der Waals surface area contributed by atoms with Gasteiger partial charge in [0.05, 0.1) is 11.8 Å². The quantitative estimate of drug-likeness (QED) is 0.455. The first-order chi connectivity index (χ1) is 9.15. The van der Waals surface area contributed by atoms with Gasteiger partial charge in [-0.05, 0) is 19.3 Å². The van der Waals surface area contributed by atoms with Gasteiger partial charge in [-0.15, -0.1) is 0 Å². The number of rotatable bonds is 5. The summed E-state index contributed by atoms with van der Waals surface area (Å²) in [6, 6.07) is 0. The minimum atomic E-state index is -0.249. The van der Waals surface area contributed by atoms with E-state index in [1.54, 1.807) is 0 Å². The van der Waals surface area contributed by atoms with Gasteiger partial charge in [-0.3, -0.25) is 19.3 Å². The molecule has 1 aliphatic carbocycles. The van der Waals surface area contributed by atoms with Crippen LogP contribution >= 0.6 is 0 Å². The van der Waals surface area contributed by atoms with E-state index in [4.69, 9.17) is 0 Å². The lowest BCUT2D eigenvalue weighted by atomic mass is 9.85. The molecule has 0 saturated carbocycles. The fourth-order valence-electron chi connectivity index (χ4n) is 2.63. The van der Waals surface area contributed by atoms with Crippen molar-refractivity contribution in [2.45, 2.75) is 32.6 Å². The Morgan fingerprint density at radius 3 is 2.37 bits per heavy atom. The lowest BCUT2D eigenvalue weighted by Crippen LogP contribution is -2.41. The third kappa shape index (κ3) is 2.85. The number of nitrogens with one attached hydrogen (secondary N) is 1. The molecule has 2 atom stereocenters. The molecule has 5 nitrogen and oxygen atoms in total. The first-order valence-corrected chi connectivity index (χ1v) is 6.92. The highest BCUT2D eigenvalue weighted by atomic mass is 16.2. The number of allylic oxidation sites excluding steroid dienone is 2. The van der Waals surface area contributed by atoms with Crippen molar-refractivity contribution in [3.05, 3.63) is 12.2 Å². The van der Waals surface area contributed by atoms with E-state index in [1.807, 2.05) is 19.1 Å². The molecule has 1 N–H and O–H groups in total. The maximum absolute atomic E-state index is 12.1. The Kier molecular flexibility index (Phi) is 4.35. The van der Waals surface area contributed by atoms with E-state index in [0.717, 1.165) is 17.7 Å². The fourth-order valence-corrected chi connectivity index (χ4v) is 2.63. The van der Waals surface area contributed by atoms with Gasteiger partial charge in [-0.2, -0.15) is 0 Å². The number of likely N-dealkylation sites (tertiary alicyclic amines) is 1. The predicted octanol–water partition coefficient (Wildman–Crippen LogP) is 0.854. The smallest absolute Gasteiger partial charge is 0.240 e. The molecule has 0 spiro atoms. The molecule has 1 aliphatic heterocycles. The minimum absolute atomic E-state index is 0.131. The second-order valence-corrected chi connectivity index (χ2v) is 5.12. The number of carbonyl (C=O) groups is 3. The molecule has 2 rings (SSSR count). The van der Waals surface area contributed by atoms with Crippen molar-refractivity contribution in [3.63, 3.8) is 0 Å². The second-order valence-electron chi connectivity index (χ2n) is 5.12. The maximum Gasteiger partial charge on any atom is 0.240 e. The molecule has 2 aliphatic rings. The average molecular weight is 264 g/mol. The third-order valence-corrected chi connectivity index (χ3v) is 3.75. The first-order valence-electron chi connectivity index (χ1n) is 6.92. The standard InChI is InChI=1S/C14H20N2O3/c1-2-3-8-15-12(17)9-16-13(18)10-6-4-5-7-11(10)14(16)19/h4-5,10-11H,2-3,6-9H2,1H3,(H,15,17)/t10-,11-/m0/s1. The Morgan fingerprint density at radius 1 is 1.26 bits per heavy atom. The Bertz CT molecular complexity index is 391. The van der Waals surface area contributed by atoms with Gasteiger partial charge in [0.25, 0.3) is 0 Å². The van der Waals surface area contributed by atoms with Gasteiger partial charge < -0.3 is 5.32 Å². The number of carbonyl (C=O) groups excluding carboxylic acids is 3. The van der Waals surface area contributed by atoms with Gasteiger partial charge in [-0.25, -0.2) is 0 Å². The molecule has 1 fully saturated rings. The van der Waals surface area contributed by atoms with E-state index in [-0.39, 0.29) is 36.1 Å². The van der Waals surface area contributed by atoms with Gasteiger partial charge in [0.1, 0.15) is 6.54 Å². The van der Waals surface area contributed by atoms with Crippen LogP contribution in [0.25, 0.3) is 0 Å². The molecule has 0 radical (unpaired) electrons. The van der Waals surface area contributed by atoms with Gasteiger partial charge in [0.15, 0.2) is 0 Å². The van der Waals surface area contributed by atoms with Crippen molar-refractivity contribution < 1.29 is 14.4 Å². The summed E-state index contributed by atoms with van der Waals surface area (Å²) in [7, 11) is 0. The van der Waals surface area contributed by atoms with E-state index in [1.165, 1.54) is 0 Å². The van der Waals surface area contributed by atoms with Crippen molar-refractivity contribution in [1.82, 2.24) is 10.2 Å². The zero-order valence-electron chi connectivity index (χ0n) is 11.2. The molecule has 0 aromatic rings. The lowest BCUT2D eigenvalue weighted by Gasteiger charge is -2.14. The normalized spacial score (nSPS) is 25.6. The van der Waals surface area contributed by atoms with Crippen LogP contribution in [0, 0.1) is 11.8 Å². The molecule has 3 amide bonds. The van der Waals surface area contributed by atoms with Crippen molar-refractivity contribution >= 4 is 17.7 Å². The van der Waals surface area contributed by atoms with Crippen LogP contribution < -0.4 is 5.32 Å². The molecule has 104 valence electrons. The molecule has 19 heavy (non-hydrogen) atoms. The number of hydrogen-bond acceptors (Lipinski definition) is 3. The summed E-state index contributed by atoms with van der Waals surface area (Å²) in [5.74, 6) is -1.13. The summed E-state index contributed by atoms with van der Waals surface area (Å²) in [4.78, 5) is 37.0. The number of imide groups is 1. The predicted molar refractivity (Wildman–Crippen MR) is 70.0 cm³/mol. The van der Waals surface area contributed by atoms with Crippen LogP contribution in [0.3, 0.4) is 0 Å². The van der Waals surface area contributed by atoms with Crippen LogP contribution in [0.1, 0.15) is 32.6 Å². The highest BCUT2D eigenvalue weighted by Crippen LogP contribution is 2.34. The highest BCUT2D eigenvalue weighted by Gasteiger charge is 2.47. The Labute approximate surface area is 113 Å². The topological polar surface area (TPSA) is 66.5 Å². The molecule has 0 aromatic heterocycles. The van der Waals surface area contributed by atoms with Crippen LogP contribution in [-0.2, 0) is 14.4 Å². The summed E-state index contributed by atoms with van der Waals surface area (Å²) >= 11 is 0. The van der Waals surface area contributed by atoms with Gasteiger partial charge in [-0.1, -0.05) is 25.5 Å². The third-order valence-electron chi connectivity index (χ3n) is 3.75. The van der Waals surface area contributed by atoms with E-state index in [0.29, 0.717) is 19.4 Å². The van der Waals surface area contributed by atoms with E-state index in [2.05, 4.69) is 5.32 Å². The SMILES string of the molecule is CCCCNC(=O)CN1C(=O)[C@H]2CC=CC[C@@H]2C1=O. The van der Waals surface area contributed by atoms with Crippen LogP contribution in [0.5, 0.6) is 0 Å². The number of unbranched alkanes of at least 4 members (excludes halogenated alkanes) is 1. The highest BCUT2D eigenvalue weighted by molar-refractivity contribution is 6.07. The summed E-state index contributed by atoms with van der Waals surface area (Å²) in [6.45, 7) is 2.51. The Hall–Kier alpha value is -1.65. The number of amides is 3. The van der Waals surface area contributed by atoms with Crippen LogP contribution in [0.2, 0.25) is 0 Å². The van der Waals surface area contributed by atoms with Crippen molar-refractivity contribution in [3.8, 4) is 0 Å². The largest absolute Gasteiger partial charge is 0.355 e. The number of fused-ring (bicyclic) bond motifs is 1. The molecule has 0 unspecified atom stereocenters. The van der Waals surface area contributed by atoms with E-state index in [9.17, 15) is 14.4 Å². The zero-order valence-corrected chi connectivity index (χ0v) is 11.2. The lowest BCUT2D eigenvalue weighted by molar-refractivity contribution is -0.143. The van der Waals surface area contributed by atoms with Gasteiger partial charge >= 0.3 is 0 Å². The zero-order chi connectivity index (χ0) is 13.8. The summed E-state index contributed by atoms with van der Waals surface area (Å²) < 4.78 is 0.